The van der Waals surface area contributed by atoms with Gasteiger partial charge in [-0.2, -0.15) is 0 Å². The van der Waals surface area contributed by atoms with Crippen LogP contribution in [0.15, 0.2) is 48.8 Å². The van der Waals surface area contributed by atoms with Crippen LogP contribution in [0, 0.1) is 6.92 Å². The molecule has 2 heterocycles. The van der Waals surface area contributed by atoms with E-state index in [4.69, 9.17) is 0 Å². The van der Waals surface area contributed by atoms with Crippen LogP contribution >= 0.6 is 0 Å². The largest absolute Gasteiger partial charge is 0.256 e. The van der Waals surface area contributed by atoms with Gasteiger partial charge in [0.1, 0.15) is 5.82 Å². The molecule has 0 radical (unpaired) electrons. The maximum absolute atomic E-state index is 4.55. The number of hydrogen-bond acceptors (Lipinski definition) is 3. The fraction of sp³-hybridized carbons (Fsp3) is 0.235. The third kappa shape index (κ3) is 1.95. The Kier molecular flexibility index (Phi) is 2.52. The van der Waals surface area contributed by atoms with Crippen molar-refractivity contribution in [3.8, 4) is 0 Å². The maximum atomic E-state index is 4.55. The molecular formula is C17H15N3. The number of nitrogens with zero attached hydrogens (tertiary/aromatic N) is 3. The Labute approximate surface area is 117 Å². The highest BCUT2D eigenvalue weighted by atomic mass is 14.9. The third-order valence-electron chi connectivity index (χ3n) is 3.99. The molecule has 1 aliphatic rings. The van der Waals surface area contributed by atoms with E-state index in [0.717, 1.165) is 23.5 Å². The lowest BCUT2D eigenvalue weighted by atomic mass is 10.1. The van der Waals surface area contributed by atoms with Crippen molar-refractivity contribution in [1.82, 2.24) is 15.0 Å². The normalized spacial score (nSPS) is 21.1. The molecule has 1 aromatic carbocycles. The van der Waals surface area contributed by atoms with Gasteiger partial charge in [-0.1, -0.05) is 12.1 Å². The topological polar surface area (TPSA) is 38.7 Å². The minimum absolute atomic E-state index is 0.476. The molecule has 0 bridgehead atoms. The van der Waals surface area contributed by atoms with Crippen molar-refractivity contribution >= 4 is 10.9 Å². The van der Waals surface area contributed by atoms with Crippen molar-refractivity contribution in [2.45, 2.75) is 25.2 Å². The van der Waals surface area contributed by atoms with Crippen molar-refractivity contribution < 1.29 is 0 Å². The molecule has 20 heavy (non-hydrogen) atoms. The van der Waals surface area contributed by atoms with Crippen LogP contribution < -0.4 is 0 Å². The second-order valence-corrected chi connectivity index (χ2v) is 5.46. The minimum Gasteiger partial charge on any atom is -0.256 e. The number of rotatable bonds is 2. The molecule has 1 aliphatic carbocycles. The first-order valence-corrected chi connectivity index (χ1v) is 6.95. The summed E-state index contributed by atoms with van der Waals surface area (Å²) in [4.78, 5) is 13.3. The second-order valence-electron chi connectivity index (χ2n) is 5.46. The van der Waals surface area contributed by atoms with Crippen LogP contribution in [0.2, 0.25) is 0 Å². The van der Waals surface area contributed by atoms with Crippen LogP contribution in [0.1, 0.15) is 35.3 Å². The number of aromatic nitrogens is 3. The van der Waals surface area contributed by atoms with Gasteiger partial charge in [0.05, 0.1) is 5.52 Å². The van der Waals surface area contributed by atoms with E-state index in [1.165, 1.54) is 10.9 Å². The smallest absolute Gasteiger partial charge is 0.132 e. The van der Waals surface area contributed by atoms with Gasteiger partial charge >= 0.3 is 0 Å². The first-order chi connectivity index (χ1) is 9.81. The van der Waals surface area contributed by atoms with Gasteiger partial charge in [0, 0.05) is 29.4 Å². The molecule has 2 aromatic heterocycles. The summed E-state index contributed by atoms with van der Waals surface area (Å²) in [5, 5.41) is 1.21. The Morgan fingerprint density at radius 1 is 1.00 bits per heavy atom. The number of pyridine rings is 1. The molecule has 1 saturated carbocycles. The Morgan fingerprint density at radius 2 is 1.95 bits per heavy atom. The summed E-state index contributed by atoms with van der Waals surface area (Å²) >= 11 is 0. The van der Waals surface area contributed by atoms with Crippen molar-refractivity contribution in [2.75, 3.05) is 0 Å². The molecular weight excluding hydrogens is 246 g/mol. The van der Waals surface area contributed by atoms with E-state index in [9.17, 15) is 0 Å². The van der Waals surface area contributed by atoms with Gasteiger partial charge in [0.2, 0.25) is 0 Å². The highest BCUT2D eigenvalue weighted by Crippen LogP contribution is 2.53. The lowest BCUT2D eigenvalue weighted by molar-refractivity contribution is 0.878. The molecule has 0 unspecified atom stereocenters. The van der Waals surface area contributed by atoms with Crippen LogP contribution in [0.25, 0.3) is 10.9 Å². The summed E-state index contributed by atoms with van der Waals surface area (Å²) < 4.78 is 0. The molecule has 0 amide bonds. The zero-order valence-electron chi connectivity index (χ0n) is 11.3. The Morgan fingerprint density at radius 3 is 2.85 bits per heavy atom. The van der Waals surface area contributed by atoms with Gasteiger partial charge in [-0.25, -0.2) is 9.97 Å². The Hall–Kier alpha value is -2.29. The SMILES string of the molecule is Cc1ccnc([C@H]2C[C@@H]2c2ccc3ncccc3c2)n1. The van der Waals surface area contributed by atoms with E-state index in [-0.39, 0.29) is 0 Å². The van der Waals surface area contributed by atoms with Crippen molar-refractivity contribution in [3.05, 3.63) is 65.9 Å². The first kappa shape index (κ1) is 11.5. The predicted octanol–water partition coefficient (Wildman–Crippen LogP) is 3.60. The van der Waals surface area contributed by atoms with E-state index in [0.29, 0.717) is 11.8 Å². The van der Waals surface area contributed by atoms with Gasteiger partial charge < -0.3 is 0 Å². The molecule has 0 saturated heterocycles. The van der Waals surface area contributed by atoms with Crippen LogP contribution in [-0.4, -0.2) is 15.0 Å². The number of fused-ring (bicyclic) bond motifs is 1. The molecule has 1 fully saturated rings. The maximum Gasteiger partial charge on any atom is 0.132 e. The lowest BCUT2D eigenvalue weighted by Gasteiger charge is -2.03. The molecule has 2 atom stereocenters. The Bertz CT molecular complexity index is 782. The molecule has 0 N–H and O–H groups in total. The zero-order chi connectivity index (χ0) is 13.5. The summed E-state index contributed by atoms with van der Waals surface area (Å²) in [5.41, 5.74) is 3.48. The van der Waals surface area contributed by atoms with Crippen LogP contribution in [0.3, 0.4) is 0 Å². The molecule has 98 valence electrons. The molecule has 0 aliphatic heterocycles. The quantitative estimate of drug-likeness (QED) is 0.707. The summed E-state index contributed by atoms with van der Waals surface area (Å²) in [6, 6.07) is 12.6. The van der Waals surface area contributed by atoms with Crippen LogP contribution in [0.4, 0.5) is 0 Å². The second kappa shape index (κ2) is 4.37. The lowest BCUT2D eigenvalue weighted by Crippen LogP contribution is -1.95. The highest BCUT2D eigenvalue weighted by Gasteiger charge is 2.41. The van der Waals surface area contributed by atoms with Gasteiger partial charge in [-0.05, 0) is 49.1 Å². The summed E-state index contributed by atoms with van der Waals surface area (Å²) in [6.45, 7) is 2.02. The van der Waals surface area contributed by atoms with E-state index < -0.39 is 0 Å². The zero-order valence-corrected chi connectivity index (χ0v) is 11.3. The molecule has 3 heteroatoms. The average Bonchev–Trinajstić information content (AvgIpc) is 3.27. The first-order valence-electron chi connectivity index (χ1n) is 6.95. The number of benzene rings is 1. The van der Waals surface area contributed by atoms with Crippen LogP contribution in [-0.2, 0) is 0 Å². The Balaban J connectivity index is 1.65. The van der Waals surface area contributed by atoms with E-state index in [1.807, 2.05) is 31.5 Å². The standard InChI is InChI=1S/C17H15N3/c1-11-6-8-19-17(20-11)15-10-14(15)12-4-5-16-13(9-12)3-2-7-18-16/h2-9,14-15H,10H2,1H3/t14-,15+/m1/s1. The van der Waals surface area contributed by atoms with Gasteiger partial charge in [-0.3, -0.25) is 4.98 Å². The summed E-state index contributed by atoms with van der Waals surface area (Å²) in [6.07, 6.45) is 4.84. The molecule has 4 rings (SSSR count). The fourth-order valence-corrected chi connectivity index (χ4v) is 2.82. The fourth-order valence-electron chi connectivity index (χ4n) is 2.82. The number of hydrogen-bond donors (Lipinski definition) is 0. The third-order valence-corrected chi connectivity index (χ3v) is 3.99. The predicted molar refractivity (Wildman–Crippen MR) is 78.6 cm³/mol. The monoisotopic (exact) mass is 261 g/mol. The molecule has 3 aromatic rings. The summed E-state index contributed by atoms with van der Waals surface area (Å²) in [5.74, 6) is 2.02. The average molecular weight is 261 g/mol. The van der Waals surface area contributed by atoms with E-state index in [1.54, 1.807) is 0 Å². The van der Waals surface area contributed by atoms with Gasteiger partial charge in [0.25, 0.3) is 0 Å². The molecule has 0 spiro atoms. The van der Waals surface area contributed by atoms with Crippen molar-refractivity contribution in [3.63, 3.8) is 0 Å². The number of aryl methyl sites for hydroxylation is 1. The van der Waals surface area contributed by atoms with Gasteiger partial charge in [-0.15, -0.1) is 0 Å². The van der Waals surface area contributed by atoms with E-state index >= 15 is 0 Å². The summed E-state index contributed by atoms with van der Waals surface area (Å²) in [7, 11) is 0. The van der Waals surface area contributed by atoms with Crippen molar-refractivity contribution in [2.24, 2.45) is 0 Å². The van der Waals surface area contributed by atoms with Gasteiger partial charge in [0.15, 0.2) is 0 Å². The highest BCUT2D eigenvalue weighted by molar-refractivity contribution is 5.79. The molecule has 3 nitrogen and oxygen atoms in total. The minimum atomic E-state index is 0.476. The van der Waals surface area contributed by atoms with E-state index in [2.05, 4.69) is 39.2 Å². The van der Waals surface area contributed by atoms with Crippen molar-refractivity contribution in [1.29, 1.82) is 0 Å². The van der Waals surface area contributed by atoms with Crippen LogP contribution in [0.5, 0.6) is 0 Å².